The average Bonchev–Trinajstić information content (AvgIpc) is 2.52. The van der Waals surface area contributed by atoms with E-state index in [1.807, 2.05) is 30.3 Å². The minimum absolute atomic E-state index is 0.0292. The van der Waals surface area contributed by atoms with Crippen molar-refractivity contribution in [3.8, 4) is 0 Å². The number of rotatable bonds is 3. The molecule has 1 saturated heterocycles. The van der Waals surface area contributed by atoms with Crippen molar-refractivity contribution < 1.29 is 19.4 Å². The summed E-state index contributed by atoms with van der Waals surface area (Å²) in [7, 11) is 0. The monoisotopic (exact) mass is 319 g/mol. The summed E-state index contributed by atoms with van der Waals surface area (Å²) in [4.78, 5) is 25.2. The molecule has 0 aliphatic carbocycles. The molecule has 1 heterocycles. The summed E-state index contributed by atoms with van der Waals surface area (Å²) in [6.07, 6.45) is 0.732. The highest BCUT2D eigenvalue weighted by Crippen LogP contribution is 2.35. The Morgan fingerprint density at radius 2 is 1.87 bits per heavy atom. The average molecular weight is 319 g/mol. The van der Waals surface area contributed by atoms with E-state index in [4.69, 9.17) is 4.74 Å². The van der Waals surface area contributed by atoms with Crippen LogP contribution in [0.1, 0.15) is 39.2 Å². The number of hydrogen-bond acceptors (Lipinski definition) is 3. The van der Waals surface area contributed by atoms with Gasteiger partial charge in [-0.05, 0) is 29.7 Å². The van der Waals surface area contributed by atoms with Gasteiger partial charge in [0.25, 0.3) is 0 Å². The van der Waals surface area contributed by atoms with Gasteiger partial charge in [-0.2, -0.15) is 0 Å². The third kappa shape index (κ3) is 4.47. The molecule has 1 aliphatic heterocycles. The first-order valence-corrected chi connectivity index (χ1v) is 7.99. The zero-order valence-electron chi connectivity index (χ0n) is 14.0. The van der Waals surface area contributed by atoms with Crippen LogP contribution in [0.2, 0.25) is 0 Å². The number of nitrogens with zero attached hydrogens (tertiary/aromatic N) is 1. The molecule has 0 radical (unpaired) electrons. The first-order chi connectivity index (χ1) is 10.8. The number of likely N-dealkylation sites (tertiary alicyclic amines) is 1. The van der Waals surface area contributed by atoms with Gasteiger partial charge < -0.3 is 9.84 Å². The van der Waals surface area contributed by atoms with Gasteiger partial charge >= 0.3 is 12.1 Å². The van der Waals surface area contributed by atoms with Crippen LogP contribution in [-0.2, 0) is 16.1 Å². The van der Waals surface area contributed by atoms with Crippen molar-refractivity contribution >= 4 is 12.1 Å². The molecule has 1 aromatic carbocycles. The molecule has 0 aromatic heterocycles. The van der Waals surface area contributed by atoms with Gasteiger partial charge in [0.15, 0.2) is 0 Å². The lowest BCUT2D eigenvalue weighted by Crippen LogP contribution is -2.52. The van der Waals surface area contributed by atoms with Crippen molar-refractivity contribution in [3.63, 3.8) is 0 Å². The molecule has 5 nitrogen and oxygen atoms in total. The molecular formula is C18H25NO4. The van der Waals surface area contributed by atoms with Crippen molar-refractivity contribution in [1.82, 2.24) is 4.90 Å². The van der Waals surface area contributed by atoms with E-state index >= 15 is 0 Å². The zero-order chi connectivity index (χ0) is 17.0. The van der Waals surface area contributed by atoms with E-state index in [-0.39, 0.29) is 17.9 Å². The van der Waals surface area contributed by atoms with Crippen LogP contribution in [0.3, 0.4) is 0 Å². The predicted octanol–water partition coefficient (Wildman–Crippen LogP) is 3.53. The number of piperidine rings is 1. The molecular weight excluding hydrogens is 294 g/mol. The third-order valence-corrected chi connectivity index (χ3v) is 4.53. The Hall–Kier alpha value is -2.04. The lowest BCUT2D eigenvalue weighted by molar-refractivity contribution is -0.145. The minimum Gasteiger partial charge on any atom is -0.480 e. The standard InChI is InChI=1S/C18H25NO4/c1-18(2,3)14-9-10-15(16(20)21)19(11-14)17(22)23-12-13-7-5-4-6-8-13/h4-8,14-15H,9-12H2,1-3H3,(H,20,21). The van der Waals surface area contributed by atoms with Gasteiger partial charge in [0.1, 0.15) is 12.6 Å². The van der Waals surface area contributed by atoms with E-state index in [0.29, 0.717) is 13.0 Å². The number of ether oxygens (including phenoxy) is 1. The Kier molecular flexibility index (Phi) is 5.29. The van der Waals surface area contributed by atoms with Crippen molar-refractivity contribution in [2.24, 2.45) is 11.3 Å². The Balaban J connectivity index is 2.05. The van der Waals surface area contributed by atoms with Crippen molar-refractivity contribution in [1.29, 1.82) is 0 Å². The first kappa shape index (κ1) is 17.3. The number of carbonyl (C=O) groups excluding carboxylic acids is 1. The normalized spacial score (nSPS) is 21.8. The van der Waals surface area contributed by atoms with E-state index in [1.165, 1.54) is 4.90 Å². The highest BCUT2D eigenvalue weighted by molar-refractivity contribution is 5.80. The Morgan fingerprint density at radius 1 is 1.22 bits per heavy atom. The molecule has 1 aliphatic rings. The summed E-state index contributed by atoms with van der Waals surface area (Å²) < 4.78 is 5.33. The van der Waals surface area contributed by atoms with Gasteiger partial charge in [0.05, 0.1) is 0 Å². The SMILES string of the molecule is CC(C)(C)C1CCC(C(=O)O)N(C(=O)OCc2ccccc2)C1. The zero-order valence-corrected chi connectivity index (χ0v) is 14.0. The van der Waals surface area contributed by atoms with Crippen LogP contribution in [0, 0.1) is 11.3 Å². The molecule has 2 rings (SSSR count). The predicted molar refractivity (Wildman–Crippen MR) is 86.9 cm³/mol. The lowest BCUT2D eigenvalue weighted by atomic mass is 9.75. The third-order valence-electron chi connectivity index (χ3n) is 4.53. The Morgan fingerprint density at radius 3 is 2.43 bits per heavy atom. The first-order valence-electron chi connectivity index (χ1n) is 7.99. The summed E-state index contributed by atoms with van der Waals surface area (Å²) >= 11 is 0. The molecule has 1 aromatic rings. The van der Waals surface area contributed by atoms with E-state index in [0.717, 1.165) is 12.0 Å². The van der Waals surface area contributed by atoms with Gasteiger partial charge in [-0.3, -0.25) is 4.90 Å². The van der Waals surface area contributed by atoms with Gasteiger partial charge in [0.2, 0.25) is 0 Å². The van der Waals surface area contributed by atoms with E-state index in [9.17, 15) is 14.7 Å². The van der Waals surface area contributed by atoms with Crippen LogP contribution in [0.5, 0.6) is 0 Å². The second-order valence-electron chi connectivity index (χ2n) is 7.19. The topological polar surface area (TPSA) is 66.8 Å². The molecule has 1 fully saturated rings. The van der Waals surface area contributed by atoms with Crippen molar-refractivity contribution in [2.75, 3.05) is 6.54 Å². The molecule has 23 heavy (non-hydrogen) atoms. The Labute approximate surface area is 137 Å². The molecule has 0 bridgehead atoms. The summed E-state index contributed by atoms with van der Waals surface area (Å²) in [5, 5.41) is 9.38. The van der Waals surface area contributed by atoms with Crippen LogP contribution in [-0.4, -0.2) is 34.7 Å². The molecule has 0 spiro atoms. The van der Waals surface area contributed by atoms with Crippen LogP contribution in [0.4, 0.5) is 4.79 Å². The van der Waals surface area contributed by atoms with Gasteiger partial charge in [-0.25, -0.2) is 9.59 Å². The minimum atomic E-state index is -0.964. The maximum Gasteiger partial charge on any atom is 0.410 e. The van der Waals surface area contributed by atoms with E-state index in [2.05, 4.69) is 20.8 Å². The van der Waals surface area contributed by atoms with Crippen LogP contribution < -0.4 is 0 Å². The fourth-order valence-corrected chi connectivity index (χ4v) is 2.94. The molecule has 126 valence electrons. The highest BCUT2D eigenvalue weighted by Gasteiger charge is 2.40. The quantitative estimate of drug-likeness (QED) is 0.925. The second-order valence-corrected chi connectivity index (χ2v) is 7.19. The summed E-state index contributed by atoms with van der Waals surface area (Å²) in [6, 6.07) is 8.59. The number of amides is 1. The number of hydrogen-bond donors (Lipinski definition) is 1. The summed E-state index contributed by atoms with van der Waals surface area (Å²) in [6.45, 7) is 6.93. The maximum atomic E-state index is 12.4. The summed E-state index contributed by atoms with van der Waals surface area (Å²) in [5.74, 6) is -0.698. The molecule has 1 amide bonds. The largest absolute Gasteiger partial charge is 0.480 e. The van der Waals surface area contributed by atoms with E-state index in [1.54, 1.807) is 0 Å². The summed E-state index contributed by atoms with van der Waals surface area (Å²) in [5.41, 5.74) is 0.915. The van der Waals surface area contributed by atoms with Crippen LogP contribution in [0.15, 0.2) is 30.3 Å². The number of aliphatic carboxylic acids is 1. The molecule has 0 saturated carbocycles. The fraction of sp³-hybridized carbons (Fsp3) is 0.556. The lowest BCUT2D eigenvalue weighted by Gasteiger charge is -2.42. The van der Waals surface area contributed by atoms with Gasteiger partial charge in [0, 0.05) is 6.54 Å². The second kappa shape index (κ2) is 7.02. The smallest absolute Gasteiger partial charge is 0.410 e. The number of carbonyl (C=O) groups is 2. The van der Waals surface area contributed by atoms with Gasteiger partial charge in [-0.15, -0.1) is 0 Å². The molecule has 1 N–H and O–H groups in total. The number of carboxylic acid groups (broad SMARTS) is 1. The van der Waals surface area contributed by atoms with Crippen molar-refractivity contribution in [2.45, 2.75) is 46.3 Å². The molecule has 2 unspecified atom stereocenters. The van der Waals surface area contributed by atoms with Crippen LogP contribution >= 0.6 is 0 Å². The maximum absolute atomic E-state index is 12.4. The number of carboxylic acids is 1. The Bertz CT molecular complexity index is 550. The fourth-order valence-electron chi connectivity index (χ4n) is 2.94. The highest BCUT2D eigenvalue weighted by atomic mass is 16.6. The molecule has 5 heteroatoms. The van der Waals surface area contributed by atoms with Crippen LogP contribution in [0.25, 0.3) is 0 Å². The number of benzene rings is 1. The van der Waals surface area contributed by atoms with E-state index < -0.39 is 18.1 Å². The van der Waals surface area contributed by atoms with Gasteiger partial charge in [-0.1, -0.05) is 51.1 Å². The van der Waals surface area contributed by atoms with Crippen molar-refractivity contribution in [3.05, 3.63) is 35.9 Å². The molecule has 2 atom stereocenters.